The Morgan fingerprint density at radius 3 is 2.62 bits per heavy atom. The van der Waals surface area contributed by atoms with E-state index >= 15 is 0 Å². The van der Waals surface area contributed by atoms with Crippen LogP contribution < -0.4 is 5.23 Å². The van der Waals surface area contributed by atoms with Gasteiger partial charge in [-0.1, -0.05) is 12.1 Å². The van der Waals surface area contributed by atoms with Crippen molar-refractivity contribution >= 4 is 20.9 Å². The van der Waals surface area contributed by atoms with Crippen LogP contribution >= 0.6 is 0 Å². The van der Waals surface area contributed by atoms with E-state index in [0.717, 1.165) is 5.56 Å². The molecule has 2 nitrogen and oxygen atoms in total. The van der Waals surface area contributed by atoms with E-state index < -0.39 is 0 Å². The van der Waals surface area contributed by atoms with E-state index in [2.05, 4.69) is 5.23 Å². The summed E-state index contributed by atoms with van der Waals surface area (Å²) in [6.07, 6.45) is 0.314. The summed E-state index contributed by atoms with van der Waals surface area (Å²) in [5.41, 5.74) is 0.826. The molecule has 1 aromatic carbocycles. The monoisotopic (exact) mass is 177 g/mol. The lowest BCUT2D eigenvalue weighted by atomic mass is 9.67. The van der Waals surface area contributed by atoms with Crippen LogP contribution in [-0.4, -0.2) is 20.9 Å². The summed E-state index contributed by atoms with van der Waals surface area (Å²) in [7, 11) is 2.49. The second-order valence-electron chi connectivity index (χ2n) is 2.76. The van der Waals surface area contributed by atoms with Crippen LogP contribution in [0.1, 0.15) is 5.56 Å². The van der Waals surface area contributed by atoms with Gasteiger partial charge in [-0.05, 0) is 17.7 Å². The highest BCUT2D eigenvalue weighted by Gasteiger charge is 2.01. The van der Waals surface area contributed by atoms with E-state index in [1.807, 2.05) is 7.74 Å². The Balaban J connectivity index is 2.54. The average molecular weight is 177 g/mol. The summed E-state index contributed by atoms with van der Waals surface area (Å²) in [6.45, 7) is 0. The quantitative estimate of drug-likeness (QED) is 0.612. The van der Waals surface area contributed by atoms with Gasteiger partial charge in [0.1, 0.15) is 5.82 Å². The van der Waals surface area contributed by atoms with Gasteiger partial charge in [0, 0.05) is 0 Å². The summed E-state index contributed by atoms with van der Waals surface area (Å²) in [4.78, 5) is 11.1. The van der Waals surface area contributed by atoms with Crippen molar-refractivity contribution in [1.29, 1.82) is 0 Å². The molecule has 0 fully saturated rings. The zero-order valence-electron chi connectivity index (χ0n) is 7.51. The molecule has 0 unspecified atom stereocenters. The molecule has 0 aromatic heterocycles. The van der Waals surface area contributed by atoms with Crippen molar-refractivity contribution in [2.24, 2.45) is 0 Å². The number of carbonyl (C=O) groups excluding carboxylic acids is 1. The van der Waals surface area contributed by atoms with Crippen molar-refractivity contribution in [1.82, 2.24) is 5.23 Å². The Morgan fingerprint density at radius 2 is 2.08 bits per heavy atom. The van der Waals surface area contributed by atoms with Gasteiger partial charge >= 0.3 is 0 Å². The summed E-state index contributed by atoms with van der Waals surface area (Å²) >= 11 is 0. The molecule has 0 aliphatic carbocycles. The minimum Gasteiger partial charge on any atom is -0.410 e. The smallest absolute Gasteiger partial charge is 0.211 e. The molecule has 13 heavy (non-hydrogen) atoms. The molecule has 0 spiro atoms. The van der Waals surface area contributed by atoms with E-state index in [0.29, 0.717) is 13.7 Å². The highest BCUT2D eigenvalue weighted by atomic mass is 19.1. The second-order valence-corrected chi connectivity index (χ2v) is 2.76. The van der Waals surface area contributed by atoms with E-state index in [-0.39, 0.29) is 11.7 Å². The number of amides is 1. The Labute approximate surface area is 78.2 Å². The third-order valence-corrected chi connectivity index (χ3v) is 1.65. The maximum absolute atomic E-state index is 12.5. The van der Waals surface area contributed by atoms with Gasteiger partial charge in [-0.2, -0.15) is 0 Å². The molecule has 0 bridgehead atoms. The first-order chi connectivity index (χ1) is 6.22. The molecule has 1 amide bonds. The zero-order valence-corrected chi connectivity index (χ0v) is 7.51. The predicted molar refractivity (Wildman–Crippen MR) is 53.9 cm³/mol. The fraction of sp³-hybridized carbons (Fsp3) is 0.125. The fourth-order valence-electron chi connectivity index (χ4n) is 1.05. The van der Waals surface area contributed by atoms with Gasteiger partial charge in [0.15, 0.2) is 7.31 Å². The number of nitrogens with one attached hydrogen (secondary N) is 1. The summed E-state index contributed by atoms with van der Waals surface area (Å²) in [6, 6.07) is 5.94. The second kappa shape index (κ2) is 4.70. The molecule has 0 saturated heterocycles. The molecule has 1 rings (SSSR count). The van der Waals surface area contributed by atoms with Crippen LogP contribution in [0.5, 0.6) is 0 Å². The lowest BCUT2D eigenvalue weighted by Crippen LogP contribution is -2.28. The number of hydrogen-bond donors (Lipinski definition) is 1. The molecule has 0 aliphatic heterocycles. The van der Waals surface area contributed by atoms with Crippen LogP contribution in [0, 0.1) is 5.82 Å². The molecular weight excluding hydrogens is 167 g/mol. The minimum absolute atomic E-state index is 0.0332. The van der Waals surface area contributed by atoms with E-state index in [9.17, 15) is 9.18 Å². The number of halogens is 1. The van der Waals surface area contributed by atoms with Gasteiger partial charge in [-0.3, -0.25) is 4.79 Å². The Bertz CT molecular complexity index is 289. The highest BCUT2D eigenvalue weighted by molar-refractivity contribution is 6.89. The first kappa shape index (κ1) is 9.83. The molecule has 5 heteroatoms. The zero-order chi connectivity index (χ0) is 9.68. The normalized spacial score (nSPS) is 9.31. The molecule has 1 aromatic rings. The summed E-state index contributed by atoms with van der Waals surface area (Å²) < 4.78 is 12.5. The standard InChI is InChI=1S/C8H10B2FNO/c9-10-12-8(13)5-6-1-3-7(11)4-2-6/h1-4,10H,5,9H2,(H,12,13). The molecule has 66 valence electrons. The maximum Gasteiger partial charge on any atom is 0.211 e. The molecule has 0 saturated carbocycles. The van der Waals surface area contributed by atoms with Crippen molar-refractivity contribution in [2.75, 3.05) is 0 Å². The SMILES string of the molecule is BBNC(=O)Cc1ccc(F)cc1. The van der Waals surface area contributed by atoms with Gasteiger partial charge in [-0.25, -0.2) is 4.39 Å². The van der Waals surface area contributed by atoms with Crippen LogP contribution in [0.25, 0.3) is 0 Å². The number of carbonyl (C=O) groups is 1. The van der Waals surface area contributed by atoms with Crippen LogP contribution in [0.4, 0.5) is 4.39 Å². The van der Waals surface area contributed by atoms with Crippen molar-refractivity contribution in [3.63, 3.8) is 0 Å². The molecule has 0 atom stereocenters. The van der Waals surface area contributed by atoms with Crippen LogP contribution in [-0.2, 0) is 11.2 Å². The number of benzene rings is 1. The predicted octanol–water partition coefficient (Wildman–Crippen LogP) is -0.616. The summed E-state index contributed by atoms with van der Waals surface area (Å²) in [5, 5.41) is 2.68. The molecule has 1 N–H and O–H groups in total. The van der Waals surface area contributed by atoms with Crippen LogP contribution in [0.15, 0.2) is 24.3 Å². The van der Waals surface area contributed by atoms with Crippen LogP contribution in [0.3, 0.4) is 0 Å². The van der Waals surface area contributed by atoms with E-state index in [1.165, 1.54) is 12.1 Å². The topological polar surface area (TPSA) is 29.1 Å². The Morgan fingerprint density at radius 1 is 1.46 bits per heavy atom. The molecular formula is C8H10B2FNO. The molecule has 0 aliphatic rings. The first-order valence-electron chi connectivity index (χ1n) is 4.23. The van der Waals surface area contributed by atoms with Gasteiger partial charge in [-0.15, -0.1) is 0 Å². The van der Waals surface area contributed by atoms with E-state index in [4.69, 9.17) is 0 Å². The third kappa shape index (κ3) is 3.32. The number of rotatable bonds is 3. The average Bonchev–Trinajstić information content (AvgIpc) is 2.09. The molecule has 0 radical (unpaired) electrons. The van der Waals surface area contributed by atoms with Crippen molar-refractivity contribution in [3.8, 4) is 0 Å². The Kier molecular flexibility index (Phi) is 3.55. The van der Waals surface area contributed by atoms with Crippen molar-refractivity contribution in [3.05, 3.63) is 35.6 Å². The van der Waals surface area contributed by atoms with Crippen molar-refractivity contribution in [2.45, 2.75) is 6.42 Å². The van der Waals surface area contributed by atoms with Crippen molar-refractivity contribution < 1.29 is 9.18 Å². The lowest BCUT2D eigenvalue weighted by molar-refractivity contribution is -0.118. The highest BCUT2D eigenvalue weighted by Crippen LogP contribution is 2.02. The largest absolute Gasteiger partial charge is 0.410 e. The summed E-state index contributed by atoms with van der Waals surface area (Å²) in [5.74, 6) is -0.311. The third-order valence-electron chi connectivity index (χ3n) is 1.65. The minimum atomic E-state index is -0.278. The maximum atomic E-state index is 12.5. The van der Waals surface area contributed by atoms with Crippen LogP contribution in [0.2, 0.25) is 0 Å². The van der Waals surface area contributed by atoms with Gasteiger partial charge in [0.25, 0.3) is 0 Å². The number of hydrogen-bond acceptors (Lipinski definition) is 1. The van der Waals surface area contributed by atoms with Gasteiger partial charge in [0.05, 0.1) is 14.2 Å². The van der Waals surface area contributed by atoms with Gasteiger partial charge < -0.3 is 5.23 Å². The van der Waals surface area contributed by atoms with Gasteiger partial charge in [0.2, 0.25) is 5.91 Å². The first-order valence-corrected chi connectivity index (χ1v) is 4.23. The van der Waals surface area contributed by atoms with E-state index in [1.54, 1.807) is 12.1 Å². The lowest BCUT2D eigenvalue weighted by Gasteiger charge is -2.01. The Hall–Kier alpha value is -1.25. The molecule has 0 heterocycles. The fourth-order valence-corrected chi connectivity index (χ4v) is 1.05.